The minimum absolute atomic E-state index is 0.125. The Morgan fingerprint density at radius 2 is 1.55 bits per heavy atom. The Labute approximate surface area is 176 Å². The van der Waals surface area contributed by atoms with Gasteiger partial charge in [0.05, 0.1) is 6.04 Å². The molecule has 4 nitrogen and oxygen atoms in total. The van der Waals surface area contributed by atoms with E-state index in [1.54, 1.807) is 24.3 Å². The van der Waals surface area contributed by atoms with E-state index in [2.05, 4.69) is 5.32 Å². The molecule has 0 spiro atoms. The lowest BCUT2D eigenvalue weighted by molar-refractivity contribution is 0.0926. The van der Waals surface area contributed by atoms with E-state index in [0.717, 1.165) is 11.3 Å². The third-order valence-corrected chi connectivity index (χ3v) is 4.74. The van der Waals surface area contributed by atoms with Gasteiger partial charge in [-0.25, -0.2) is 0 Å². The number of carbonyl (C=O) groups is 1. The predicted molar refractivity (Wildman–Crippen MR) is 116 cm³/mol. The Bertz CT molecular complexity index is 939. The van der Waals surface area contributed by atoms with Gasteiger partial charge in [-0.05, 0) is 56.3 Å². The first kappa shape index (κ1) is 20.7. The zero-order chi connectivity index (χ0) is 20.6. The van der Waals surface area contributed by atoms with Gasteiger partial charge in [0.2, 0.25) is 0 Å². The summed E-state index contributed by atoms with van der Waals surface area (Å²) in [6, 6.07) is 22.3. The van der Waals surface area contributed by atoms with Crippen LogP contribution in [0.5, 0.6) is 11.5 Å². The summed E-state index contributed by atoms with van der Waals surface area (Å²) in [4.78, 5) is 12.4. The van der Waals surface area contributed by atoms with Crippen LogP contribution in [0.15, 0.2) is 72.8 Å². The van der Waals surface area contributed by atoms with Crippen molar-refractivity contribution in [2.45, 2.75) is 26.5 Å². The molecule has 3 rings (SSSR count). The van der Waals surface area contributed by atoms with Crippen LogP contribution in [0.1, 0.15) is 28.4 Å². The van der Waals surface area contributed by atoms with Gasteiger partial charge in [0.1, 0.15) is 24.7 Å². The molecular weight excluding hydrogens is 386 g/mol. The van der Waals surface area contributed by atoms with Crippen LogP contribution in [-0.4, -0.2) is 18.6 Å². The van der Waals surface area contributed by atoms with Crippen LogP contribution < -0.4 is 14.8 Å². The standard InChI is InChI=1S/C24H24ClNO3/c1-17-7-11-21(12-8-17)28-15-18(2)26-24(27)19-9-13-22(14-10-19)29-16-20-5-3-4-6-23(20)25/h3-14,18H,15-16H2,1-2H3,(H,26,27)/t18-/m1/s1. The number of carbonyl (C=O) groups excluding carboxylic acids is 1. The van der Waals surface area contributed by atoms with Gasteiger partial charge in [-0.15, -0.1) is 0 Å². The lowest BCUT2D eigenvalue weighted by Crippen LogP contribution is -2.36. The van der Waals surface area contributed by atoms with Crippen molar-refractivity contribution in [2.75, 3.05) is 6.61 Å². The van der Waals surface area contributed by atoms with Gasteiger partial charge < -0.3 is 14.8 Å². The van der Waals surface area contributed by atoms with Crippen molar-refractivity contribution in [3.05, 3.63) is 94.5 Å². The summed E-state index contributed by atoms with van der Waals surface area (Å²) in [7, 11) is 0. The van der Waals surface area contributed by atoms with Gasteiger partial charge in [-0.2, -0.15) is 0 Å². The maximum atomic E-state index is 12.4. The van der Waals surface area contributed by atoms with E-state index in [-0.39, 0.29) is 11.9 Å². The topological polar surface area (TPSA) is 47.6 Å². The highest BCUT2D eigenvalue weighted by Crippen LogP contribution is 2.19. The molecule has 5 heteroatoms. The van der Waals surface area contributed by atoms with Gasteiger partial charge in [0.25, 0.3) is 5.91 Å². The highest BCUT2D eigenvalue weighted by molar-refractivity contribution is 6.31. The summed E-state index contributed by atoms with van der Waals surface area (Å²) in [6.07, 6.45) is 0. The molecule has 0 fully saturated rings. The van der Waals surface area contributed by atoms with Gasteiger partial charge >= 0.3 is 0 Å². The number of halogens is 1. The van der Waals surface area contributed by atoms with Crippen LogP contribution in [0.4, 0.5) is 0 Å². The summed E-state index contributed by atoms with van der Waals surface area (Å²) in [5.74, 6) is 1.32. The lowest BCUT2D eigenvalue weighted by atomic mass is 10.2. The van der Waals surface area contributed by atoms with E-state index in [1.807, 2.05) is 62.4 Å². The molecule has 3 aromatic rings. The smallest absolute Gasteiger partial charge is 0.251 e. The Morgan fingerprint density at radius 3 is 2.24 bits per heavy atom. The molecule has 0 saturated heterocycles. The normalized spacial score (nSPS) is 11.6. The third-order valence-electron chi connectivity index (χ3n) is 4.37. The van der Waals surface area contributed by atoms with Crippen molar-refractivity contribution in [2.24, 2.45) is 0 Å². The van der Waals surface area contributed by atoms with E-state index >= 15 is 0 Å². The van der Waals surface area contributed by atoms with E-state index in [9.17, 15) is 4.79 Å². The summed E-state index contributed by atoms with van der Waals surface area (Å²) in [6.45, 7) is 4.71. The van der Waals surface area contributed by atoms with E-state index in [4.69, 9.17) is 21.1 Å². The highest BCUT2D eigenvalue weighted by Gasteiger charge is 2.11. The van der Waals surface area contributed by atoms with Crippen molar-refractivity contribution in [1.82, 2.24) is 5.32 Å². The average Bonchev–Trinajstić information content (AvgIpc) is 2.73. The second kappa shape index (κ2) is 9.99. The van der Waals surface area contributed by atoms with Crippen LogP contribution in [0, 0.1) is 6.92 Å². The Hall–Kier alpha value is -2.98. The van der Waals surface area contributed by atoms with Crippen LogP contribution in [-0.2, 0) is 6.61 Å². The van der Waals surface area contributed by atoms with E-state index in [0.29, 0.717) is 29.5 Å². The number of hydrogen-bond donors (Lipinski definition) is 1. The summed E-state index contributed by atoms with van der Waals surface area (Å²) in [5, 5.41) is 3.61. The van der Waals surface area contributed by atoms with Crippen LogP contribution in [0.25, 0.3) is 0 Å². The first-order valence-corrected chi connectivity index (χ1v) is 9.85. The minimum atomic E-state index is -0.150. The first-order chi connectivity index (χ1) is 14.0. The maximum Gasteiger partial charge on any atom is 0.251 e. The maximum absolute atomic E-state index is 12.4. The molecule has 0 aliphatic rings. The quantitative estimate of drug-likeness (QED) is 0.540. The molecule has 150 valence electrons. The second-order valence-electron chi connectivity index (χ2n) is 6.90. The molecule has 1 N–H and O–H groups in total. The highest BCUT2D eigenvalue weighted by atomic mass is 35.5. The van der Waals surface area contributed by atoms with Crippen LogP contribution in [0.2, 0.25) is 5.02 Å². The summed E-state index contributed by atoms with van der Waals surface area (Å²) < 4.78 is 11.5. The fourth-order valence-corrected chi connectivity index (χ4v) is 2.87. The summed E-state index contributed by atoms with van der Waals surface area (Å²) >= 11 is 6.13. The minimum Gasteiger partial charge on any atom is -0.491 e. The van der Waals surface area contributed by atoms with Crippen molar-refractivity contribution in [1.29, 1.82) is 0 Å². The zero-order valence-electron chi connectivity index (χ0n) is 16.5. The van der Waals surface area contributed by atoms with Gasteiger partial charge in [-0.3, -0.25) is 4.79 Å². The molecule has 0 bridgehead atoms. The van der Waals surface area contributed by atoms with Gasteiger partial charge in [0, 0.05) is 16.1 Å². The zero-order valence-corrected chi connectivity index (χ0v) is 17.3. The molecule has 0 radical (unpaired) electrons. The molecule has 0 unspecified atom stereocenters. The van der Waals surface area contributed by atoms with Gasteiger partial charge in [0.15, 0.2) is 0 Å². The van der Waals surface area contributed by atoms with Crippen molar-refractivity contribution in [3.8, 4) is 11.5 Å². The van der Waals surface area contributed by atoms with Crippen molar-refractivity contribution >= 4 is 17.5 Å². The number of rotatable bonds is 8. The Kier molecular flexibility index (Phi) is 7.14. The fraction of sp³-hybridized carbons (Fsp3) is 0.208. The molecule has 29 heavy (non-hydrogen) atoms. The third kappa shape index (κ3) is 6.26. The number of amides is 1. The molecule has 0 saturated carbocycles. The van der Waals surface area contributed by atoms with Crippen molar-refractivity contribution in [3.63, 3.8) is 0 Å². The summed E-state index contributed by atoms with van der Waals surface area (Å²) in [5.41, 5.74) is 2.66. The predicted octanol–water partition coefficient (Wildman–Crippen LogP) is 5.42. The van der Waals surface area contributed by atoms with E-state index < -0.39 is 0 Å². The molecule has 0 aliphatic heterocycles. The molecule has 1 atom stereocenters. The molecule has 3 aromatic carbocycles. The van der Waals surface area contributed by atoms with Gasteiger partial charge in [-0.1, -0.05) is 47.5 Å². The number of hydrogen-bond acceptors (Lipinski definition) is 3. The largest absolute Gasteiger partial charge is 0.491 e. The van der Waals surface area contributed by atoms with E-state index in [1.165, 1.54) is 5.56 Å². The molecule has 0 aromatic heterocycles. The molecule has 0 heterocycles. The lowest BCUT2D eigenvalue weighted by Gasteiger charge is -2.15. The molecular formula is C24H24ClNO3. The Balaban J connectivity index is 1.47. The number of ether oxygens (including phenoxy) is 2. The average molecular weight is 410 g/mol. The number of nitrogens with one attached hydrogen (secondary N) is 1. The molecule has 0 aliphatic carbocycles. The number of aryl methyl sites for hydroxylation is 1. The Morgan fingerprint density at radius 1 is 0.931 bits per heavy atom. The van der Waals surface area contributed by atoms with Crippen LogP contribution >= 0.6 is 11.6 Å². The monoisotopic (exact) mass is 409 g/mol. The van der Waals surface area contributed by atoms with Crippen LogP contribution in [0.3, 0.4) is 0 Å². The second-order valence-corrected chi connectivity index (χ2v) is 7.31. The van der Waals surface area contributed by atoms with Crippen molar-refractivity contribution < 1.29 is 14.3 Å². The SMILES string of the molecule is Cc1ccc(OC[C@@H](C)NC(=O)c2ccc(OCc3ccccc3Cl)cc2)cc1. The first-order valence-electron chi connectivity index (χ1n) is 9.48. The number of benzene rings is 3. The fourth-order valence-electron chi connectivity index (χ4n) is 2.68. The molecule has 1 amide bonds.